The molecule has 0 atom stereocenters. The van der Waals surface area contributed by atoms with Crippen LogP contribution in [0.4, 0.5) is 0 Å². The number of aromatic nitrogens is 1. The van der Waals surface area contributed by atoms with E-state index < -0.39 is 22.1 Å². The van der Waals surface area contributed by atoms with Crippen LogP contribution in [-0.4, -0.2) is 80.6 Å². The summed E-state index contributed by atoms with van der Waals surface area (Å²) in [6.07, 6.45) is 0. The maximum absolute atomic E-state index is 11.7. The third-order valence-corrected chi connectivity index (χ3v) is 3.61. The number of hydrogen-bond acceptors (Lipinski definition) is 5. The first kappa shape index (κ1) is 16.0. The van der Waals surface area contributed by atoms with Crippen molar-refractivity contribution >= 4 is 72.5 Å². The van der Waals surface area contributed by atoms with Crippen LogP contribution >= 0.6 is 0 Å². The third-order valence-electron chi connectivity index (χ3n) is 2.28. The van der Waals surface area contributed by atoms with Crippen LogP contribution in [0.5, 0.6) is 11.8 Å². The van der Waals surface area contributed by atoms with Crippen LogP contribution in [0.15, 0.2) is 24.3 Å². The zero-order valence-corrected chi connectivity index (χ0v) is 9.81. The van der Waals surface area contributed by atoms with Crippen molar-refractivity contribution in [3.63, 3.8) is 0 Å². The summed E-state index contributed by atoms with van der Waals surface area (Å²) in [5.41, 5.74) is 0. The van der Waals surface area contributed by atoms with Crippen molar-refractivity contribution in [1.29, 1.82) is 0 Å². The van der Waals surface area contributed by atoms with E-state index in [0.29, 0.717) is 3.97 Å². The second-order valence-corrected chi connectivity index (χ2v) is 4.78. The summed E-state index contributed by atoms with van der Waals surface area (Å²) < 4.78 is 28.2. The van der Waals surface area contributed by atoms with Crippen molar-refractivity contribution < 1.29 is 22.8 Å². The van der Waals surface area contributed by atoms with E-state index >= 15 is 0 Å². The molecule has 8 heteroatoms. The van der Waals surface area contributed by atoms with Gasteiger partial charge in [-0.2, -0.15) is 12.4 Å². The number of rotatable bonds is 3. The van der Waals surface area contributed by atoms with Gasteiger partial charge in [-0.05, 0) is 19.1 Å². The van der Waals surface area contributed by atoms with Crippen LogP contribution in [0.2, 0.25) is 0 Å². The van der Waals surface area contributed by atoms with Gasteiger partial charge >= 0.3 is 61.7 Å². The standard InChI is InChI=1S/C10H11NO5S.K.H/c1-2-16-17(14,15)11-9(12)7-5-3-4-6-8(7)10(11)13;;/h3-6,12-13H,2H2,1H3;;. The Morgan fingerprint density at radius 2 is 1.61 bits per heavy atom. The van der Waals surface area contributed by atoms with Crippen molar-refractivity contribution in [2.45, 2.75) is 6.92 Å². The molecule has 0 aliphatic rings. The van der Waals surface area contributed by atoms with Crippen molar-refractivity contribution in [2.24, 2.45) is 0 Å². The van der Waals surface area contributed by atoms with Gasteiger partial charge in [-0.25, -0.2) is 0 Å². The van der Waals surface area contributed by atoms with Crippen molar-refractivity contribution in [3.05, 3.63) is 24.3 Å². The van der Waals surface area contributed by atoms with E-state index in [1.54, 1.807) is 12.1 Å². The molecule has 6 nitrogen and oxygen atoms in total. The molecule has 94 valence electrons. The molecule has 0 fully saturated rings. The number of hydrogen-bond donors (Lipinski definition) is 2. The normalized spacial score (nSPS) is 11.4. The van der Waals surface area contributed by atoms with Crippen LogP contribution in [0, 0.1) is 0 Å². The van der Waals surface area contributed by atoms with Crippen LogP contribution < -0.4 is 0 Å². The molecule has 0 radical (unpaired) electrons. The molecule has 18 heavy (non-hydrogen) atoms. The van der Waals surface area contributed by atoms with Gasteiger partial charge in [0, 0.05) is 10.8 Å². The van der Waals surface area contributed by atoms with E-state index in [-0.39, 0.29) is 68.8 Å². The summed E-state index contributed by atoms with van der Waals surface area (Å²) in [6.45, 7) is 1.41. The van der Waals surface area contributed by atoms with Crippen molar-refractivity contribution in [2.75, 3.05) is 6.61 Å². The molecule has 2 rings (SSSR count). The van der Waals surface area contributed by atoms with Crippen LogP contribution in [0.3, 0.4) is 0 Å². The fraction of sp³-hybridized carbons (Fsp3) is 0.200. The second kappa shape index (κ2) is 5.91. The average molecular weight is 297 g/mol. The molecule has 2 N–H and O–H groups in total. The van der Waals surface area contributed by atoms with Crippen molar-refractivity contribution in [1.82, 2.24) is 3.97 Å². The first-order chi connectivity index (χ1) is 7.99. The Labute approximate surface area is 147 Å². The Bertz CT molecular complexity index is 625. The molecule has 0 amide bonds. The molecule has 0 saturated carbocycles. The van der Waals surface area contributed by atoms with E-state index in [1.807, 2.05) is 0 Å². The van der Waals surface area contributed by atoms with E-state index in [9.17, 15) is 18.6 Å². The van der Waals surface area contributed by atoms with E-state index in [2.05, 4.69) is 4.18 Å². The molecule has 0 saturated heterocycles. The fourth-order valence-corrected chi connectivity index (χ4v) is 2.63. The number of nitrogens with zero attached hydrogens (tertiary/aromatic N) is 1. The Morgan fingerprint density at radius 1 is 1.17 bits per heavy atom. The minimum atomic E-state index is -4.22. The van der Waals surface area contributed by atoms with Crippen LogP contribution in [-0.2, 0) is 14.5 Å². The zero-order valence-electron chi connectivity index (χ0n) is 8.99. The molecule has 0 bridgehead atoms. The van der Waals surface area contributed by atoms with Crippen LogP contribution in [0.25, 0.3) is 10.8 Å². The fourth-order valence-electron chi connectivity index (χ4n) is 1.61. The summed E-state index contributed by atoms with van der Waals surface area (Å²) in [4.78, 5) is 0. The molecule has 0 spiro atoms. The first-order valence-corrected chi connectivity index (χ1v) is 6.27. The van der Waals surface area contributed by atoms with Crippen LogP contribution in [0.1, 0.15) is 6.92 Å². The summed E-state index contributed by atoms with van der Waals surface area (Å²) in [7, 11) is -4.22. The van der Waals surface area contributed by atoms with Gasteiger partial charge in [0.15, 0.2) is 0 Å². The Hall–Kier alpha value is -0.0936. The summed E-state index contributed by atoms with van der Waals surface area (Å²) in [5, 5.41) is 20.0. The number of fused-ring (bicyclic) bond motifs is 1. The summed E-state index contributed by atoms with van der Waals surface area (Å²) in [5.74, 6) is -1.13. The van der Waals surface area contributed by atoms with Gasteiger partial charge < -0.3 is 10.2 Å². The van der Waals surface area contributed by atoms with Gasteiger partial charge in [-0.15, -0.1) is 0 Å². The quantitative estimate of drug-likeness (QED) is 0.807. The van der Waals surface area contributed by atoms with Gasteiger partial charge in [0.1, 0.15) is 0 Å². The molecule has 2 aromatic rings. The monoisotopic (exact) mass is 297 g/mol. The topological polar surface area (TPSA) is 88.8 Å². The minimum absolute atomic E-state index is 0. The van der Waals surface area contributed by atoms with Gasteiger partial charge in [0.2, 0.25) is 11.8 Å². The molecule has 0 unspecified atom stereocenters. The van der Waals surface area contributed by atoms with E-state index in [0.717, 1.165) is 0 Å². The molecule has 1 aromatic heterocycles. The summed E-state index contributed by atoms with van der Waals surface area (Å²) >= 11 is 0. The second-order valence-electron chi connectivity index (χ2n) is 3.32. The Kier molecular flexibility index (Phi) is 5.24. The predicted molar refractivity (Wildman–Crippen MR) is 68.4 cm³/mol. The van der Waals surface area contributed by atoms with Gasteiger partial charge in [-0.3, -0.25) is 4.18 Å². The number of aromatic hydroxyl groups is 2. The maximum atomic E-state index is 11.7. The predicted octanol–water partition coefficient (Wildman–Crippen LogP) is 0.533. The van der Waals surface area contributed by atoms with Gasteiger partial charge in [0.25, 0.3) is 0 Å². The van der Waals surface area contributed by atoms with E-state index in [4.69, 9.17) is 0 Å². The molecular formula is C10H12KNO5S. The Morgan fingerprint density at radius 3 is 2.00 bits per heavy atom. The number of benzene rings is 1. The third kappa shape index (κ3) is 2.59. The van der Waals surface area contributed by atoms with E-state index in [1.165, 1.54) is 19.1 Å². The zero-order chi connectivity index (χ0) is 12.6. The van der Waals surface area contributed by atoms with Crippen molar-refractivity contribution in [3.8, 4) is 11.8 Å². The first-order valence-electron chi connectivity index (χ1n) is 4.90. The SMILES string of the molecule is CCOS(=O)(=O)n1c(O)c2ccccc2c1O.[KH]. The average Bonchev–Trinajstić information content (AvgIpc) is 2.53. The molecule has 1 heterocycles. The molecule has 0 aliphatic carbocycles. The Balaban J connectivity index is 0.00000162. The molecule has 0 aliphatic heterocycles. The van der Waals surface area contributed by atoms with Gasteiger partial charge in [-0.1, -0.05) is 12.1 Å². The molecular weight excluding hydrogens is 285 g/mol. The molecule has 1 aromatic carbocycles. The summed E-state index contributed by atoms with van der Waals surface area (Å²) in [6, 6.07) is 6.25. The van der Waals surface area contributed by atoms with Gasteiger partial charge in [0.05, 0.1) is 6.61 Å².